The first kappa shape index (κ1) is 20.5. The molecule has 4 atom stereocenters. The van der Waals surface area contributed by atoms with Crippen LogP contribution in [0.5, 0.6) is 0 Å². The van der Waals surface area contributed by atoms with Crippen molar-refractivity contribution in [2.45, 2.75) is 54.9 Å². The summed E-state index contributed by atoms with van der Waals surface area (Å²) in [4.78, 5) is 37.3. The predicted molar refractivity (Wildman–Crippen MR) is 87.5 cm³/mol. The van der Waals surface area contributed by atoms with Crippen molar-refractivity contribution >= 4 is 29.5 Å². The second-order valence-corrected chi connectivity index (χ2v) is 8.50. The number of nitrogens with two attached hydrogens (primary N) is 1. The number of aliphatic carboxylic acids is 1. The van der Waals surface area contributed by atoms with Crippen LogP contribution in [0.1, 0.15) is 26.7 Å². The van der Waals surface area contributed by atoms with Gasteiger partial charge in [0.2, 0.25) is 11.8 Å². The summed E-state index contributed by atoms with van der Waals surface area (Å²) in [5.41, 5.74) is 6.81. The van der Waals surface area contributed by atoms with Crippen LogP contribution in [0.25, 0.3) is 0 Å². The molecule has 0 saturated carbocycles. The van der Waals surface area contributed by atoms with Crippen molar-refractivity contribution in [1.82, 2.24) is 10.2 Å². The number of β-lactam (4-membered cyclic amide) rings is 1. The summed E-state index contributed by atoms with van der Waals surface area (Å²) in [7, 11) is 0. The van der Waals surface area contributed by atoms with Crippen LogP contribution in [0.3, 0.4) is 0 Å². The van der Waals surface area contributed by atoms with Crippen LogP contribution in [0, 0.1) is 0 Å². The van der Waals surface area contributed by atoms with E-state index < -0.39 is 46.0 Å². The van der Waals surface area contributed by atoms with Gasteiger partial charge in [-0.2, -0.15) is 0 Å². The summed E-state index contributed by atoms with van der Waals surface area (Å²) >= 11 is 1.36. The molecule has 0 aromatic carbocycles. The topological polar surface area (TPSA) is 116 Å². The Kier molecular flexibility index (Phi) is 6.10. The molecule has 2 heterocycles. The molecule has 1 unspecified atom stereocenters. The van der Waals surface area contributed by atoms with E-state index in [4.69, 9.17) is 5.73 Å². The number of amides is 2. The van der Waals surface area contributed by atoms with Crippen LogP contribution in [-0.4, -0.2) is 50.9 Å². The summed E-state index contributed by atoms with van der Waals surface area (Å²) in [6.45, 7) is 3.51. The fourth-order valence-corrected chi connectivity index (χ4v) is 5.03. The van der Waals surface area contributed by atoms with E-state index in [0.717, 1.165) is 12.0 Å². The van der Waals surface area contributed by atoms with Gasteiger partial charge in [-0.25, -0.2) is 0 Å². The predicted octanol–water partition coefficient (Wildman–Crippen LogP) is -4.11. The van der Waals surface area contributed by atoms with Crippen molar-refractivity contribution < 1.29 is 49.0 Å². The molecule has 0 radical (unpaired) electrons. The molecule has 0 aromatic heterocycles. The van der Waals surface area contributed by atoms with E-state index in [1.165, 1.54) is 16.7 Å². The molecule has 0 spiro atoms. The van der Waals surface area contributed by atoms with Gasteiger partial charge in [-0.1, -0.05) is 18.2 Å². The molecule has 9 heteroatoms. The van der Waals surface area contributed by atoms with Crippen molar-refractivity contribution in [3.8, 4) is 0 Å². The zero-order valence-electron chi connectivity index (χ0n) is 14.5. The molecule has 3 rings (SSSR count). The van der Waals surface area contributed by atoms with Crippen LogP contribution >= 0.6 is 11.8 Å². The Bertz CT molecular complexity index is 664. The maximum absolute atomic E-state index is 12.3. The maximum atomic E-state index is 12.3. The van der Waals surface area contributed by atoms with Gasteiger partial charge >= 0.3 is 29.6 Å². The molecule has 1 aliphatic carbocycles. The number of thioether (sulfide) groups is 1. The fourth-order valence-electron chi connectivity index (χ4n) is 3.41. The van der Waals surface area contributed by atoms with Gasteiger partial charge in [0.1, 0.15) is 17.5 Å². The van der Waals surface area contributed by atoms with Gasteiger partial charge in [0.05, 0.1) is 12.0 Å². The Morgan fingerprint density at radius 2 is 2.12 bits per heavy atom. The van der Waals surface area contributed by atoms with Crippen molar-refractivity contribution in [1.29, 1.82) is 0 Å². The Morgan fingerprint density at radius 3 is 2.68 bits per heavy atom. The van der Waals surface area contributed by atoms with Gasteiger partial charge in [-0.15, -0.1) is 11.8 Å². The Hall–Kier alpha value is -0.800. The van der Waals surface area contributed by atoms with Gasteiger partial charge in [0, 0.05) is 4.75 Å². The first-order chi connectivity index (χ1) is 11.2. The molecule has 0 aromatic rings. The van der Waals surface area contributed by atoms with Crippen LogP contribution < -0.4 is 45.7 Å². The molecule has 2 amide bonds. The minimum Gasteiger partial charge on any atom is -0.548 e. The second kappa shape index (κ2) is 7.44. The Morgan fingerprint density at radius 1 is 1.44 bits per heavy atom. The van der Waals surface area contributed by atoms with Crippen LogP contribution in [0.15, 0.2) is 23.8 Å². The third-order valence-electron chi connectivity index (χ3n) is 4.68. The van der Waals surface area contributed by atoms with Crippen LogP contribution in [0.2, 0.25) is 0 Å². The number of carbonyl (C=O) groups is 3. The number of nitrogens with zero attached hydrogens (tertiary/aromatic N) is 1. The van der Waals surface area contributed by atoms with E-state index in [9.17, 15) is 19.5 Å². The third-order valence-corrected chi connectivity index (χ3v) is 6.25. The average molecular weight is 373 g/mol. The van der Waals surface area contributed by atoms with Crippen molar-refractivity contribution in [3.05, 3.63) is 23.8 Å². The third kappa shape index (κ3) is 3.55. The van der Waals surface area contributed by atoms with Gasteiger partial charge in [-0.3, -0.25) is 9.59 Å². The first-order valence-electron chi connectivity index (χ1n) is 7.85. The minimum absolute atomic E-state index is 0. The summed E-state index contributed by atoms with van der Waals surface area (Å²) < 4.78 is -0.669. The number of carboxylic acid groups (broad SMARTS) is 1. The summed E-state index contributed by atoms with van der Waals surface area (Å²) in [5, 5.41) is 13.6. The van der Waals surface area contributed by atoms with Crippen LogP contribution in [-0.2, 0) is 14.4 Å². The van der Waals surface area contributed by atoms with E-state index >= 15 is 0 Å². The zero-order chi connectivity index (χ0) is 17.6. The zero-order valence-corrected chi connectivity index (χ0v) is 17.3. The van der Waals surface area contributed by atoms with Crippen molar-refractivity contribution in [2.24, 2.45) is 5.73 Å². The Balaban J connectivity index is 0.00000225. The molecule has 2 fully saturated rings. The quantitative estimate of drug-likeness (QED) is 0.294. The minimum atomic E-state index is -1.27. The van der Waals surface area contributed by atoms with E-state index in [1.807, 2.05) is 18.2 Å². The smallest absolute Gasteiger partial charge is 0.548 e. The first-order valence-corrected chi connectivity index (χ1v) is 8.73. The summed E-state index contributed by atoms with van der Waals surface area (Å²) in [6, 6.07) is -2.53. The number of hydrogen-bond donors (Lipinski definition) is 2. The van der Waals surface area contributed by atoms with Gasteiger partial charge in [0.15, 0.2) is 0 Å². The number of hydrogen-bond acceptors (Lipinski definition) is 6. The average Bonchev–Trinajstić information content (AvgIpc) is 2.80. The van der Waals surface area contributed by atoms with Crippen molar-refractivity contribution in [2.75, 3.05) is 0 Å². The van der Waals surface area contributed by atoms with E-state index in [1.54, 1.807) is 13.8 Å². The molecule has 0 bridgehead atoms. The van der Waals surface area contributed by atoms with Gasteiger partial charge in [0.25, 0.3) is 0 Å². The normalized spacial score (nSPS) is 30.5. The van der Waals surface area contributed by atoms with Gasteiger partial charge in [-0.05, 0) is 32.3 Å². The molecular formula is C16H20N3NaO4S. The standard InChI is InChI=1S/C16H21N3O4S.Na/c1-16(2)11(15(22)23)19-13(21)10(14(19)24-16)18-12(20)9(17)8-6-4-3-5-7-8;/h3-4,7,9-11,14H,5-6,17H2,1-2H3,(H,18,20)(H,22,23);/q;+1/p-1/t9?,10-,11+,14-;/m1./s1. The van der Waals surface area contributed by atoms with Crippen molar-refractivity contribution in [3.63, 3.8) is 0 Å². The summed E-state index contributed by atoms with van der Waals surface area (Å²) in [6.07, 6.45) is 7.24. The molecule has 130 valence electrons. The molecule has 3 N–H and O–H groups in total. The van der Waals surface area contributed by atoms with E-state index in [0.29, 0.717) is 6.42 Å². The van der Waals surface area contributed by atoms with Gasteiger partial charge < -0.3 is 25.9 Å². The van der Waals surface area contributed by atoms with E-state index in [-0.39, 0.29) is 29.6 Å². The molecule has 25 heavy (non-hydrogen) atoms. The molecule has 2 saturated heterocycles. The number of allylic oxidation sites excluding steroid dienone is 3. The van der Waals surface area contributed by atoms with E-state index in [2.05, 4.69) is 5.32 Å². The molecular weight excluding hydrogens is 353 g/mol. The SMILES string of the molecule is CC1(C)S[C@@H]2[C@H](NC(=O)C(N)C3=CCC=CC3)C(=O)N2[C@H]1C(=O)[O-].[Na+]. The maximum Gasteiger partial charge on any atom is 1.00 e. The number of carbonyl (C=O) groups excluding carboxylic acids is 3. The second-order valence-electron chi connectivity index (χ2n) is 6.73. The molecule has 3 aliphatic rings. The monoisotopic (exact) mass is 373 g/mol. The summed E-state index contributed by atoms with van der Waals surface area (Å²) in [5.74, 6) is -2.08. The molecule has 2 aliphatic heterocycles. The number of nitrogens with one attached hydrogen (secondary N) is 1. The van der Waals surface area contributed by atoms with Crippen LogP contribution in [0.4, 0.5) is 0 Å². The fraction of sp³-hybridized carbons (Fsp3) is 0.562. The number of carboxylic acids is 1. The molecule has 7 nitrogen and oxygen atoms in total. The Labute approximate surface area is 172 Å². The largest absolute Gasteiger partial charge is 1.00 e. The number of rotatable bonds is 4. The number of fused-ring (bicyclic) bond motifs is 1.